The topological polar surface area (TPSA) is 105 Å². The van der Waals surface area contributed by atoms with Gasteiger partial charge < -0.3 is 0 Å². The minimum Gasteiger partial charge on any atom is -0.290 e. The van der Waals surface area contributed by atoms with Gasteiger partial charge in [-0.3, -0.25) is 9.76 Å². The highest BCUT2D eigenvalue weighted by Gasteiger charge is 2.03. The largest absolute Gasteiger partial charge is 0.425 e. The molecule has 0 heterocycles. The second kappa shape index (κ2) is 2.91. The zero-order valence-corrected chi connectivity index (χ0v) is 4.25. The molecule has 0 saturated carbocycles. The summed E-state index contributed by atoms with van der Waals surface area (Å²) in [5.41, 5.74) is 0.863. The molecule has 8 heavy (non-hydrogen) atoms. The molecule has 0 saturated heterocycles. The van der Waals surface area contributed by atoms with Crippen LogP contribution in [0.5, 0.6) is 0 Å². The van der Waals surface area contributed by atoms with E-state index < -0.39 is 10.4 Å². The molecule has 0 aromatic rings. The summed E-state index contributed by atoms with van der Waals surface area (Å²) in [5, 5.41) is 7.46. The fraction of sp³-hybridized carbons (Fsp3) is 0. The molecular weight excluding hydrogens is 142 g/mol. The average molecular weight is 145 g/mol. The van der Waals surface area contributed by atoms with Crippen LogP contribution in [0.2, 0.25) is 0 Å². The van der Waals surface area contributed by atoms with E-state index in [0.717, 1.165) is 5.64 Å². The Kier molecular flexibility index (Phi) is 2.82. The van der Waals surface area contributed by atoms with Gasteiger partial charge in [0.05, 0.1) is 0 Å². The highest BCUT2D eigenvalue weighted by molar-refractivity contribution is 7.80. The van der Waals surface area contributed by atoms with Crippen LogP contribution in [0.25, 0.3) is 0 Å². The molecule has 0 unspecified atom stereocenters. The van der Waals surface area contributed by atoms with Crippen LogP contribution in [-0.4, -0.2) is 18.2 Å². The van der Waals surface area contributed by atoms with Crippen LogP contribution >= 0.6 is 0 Å². The summed E-state index contributed by atoms with van der Waals surface area (Å²) in [6, 6.07) is 0. The molecule has 0 radical (unpaired) electrons. The Bertz CT molecular complexity index is 133. The summed E-state index contributed by atoms with van der Waals surface area (Å²) < 4.78 is 29.6. The van der Waals surface area contributed by atoms with E-state index >= 15 is 0 Å². The van der Waals surface area contributed by atoms with Crippen molar-refractivity contribution in [2.45, 2.75) is 0 Å². The van der Waals surface area contributed by atoms with Gasteiger partial charge in [0.2, 0.25) is 0 Å². The summed E-state index contributed by atoms with van der Waals surface area (Å²) in [7, 11) is -4.63. The zero-order chi connectivity index (χ0) is 6.62. The molecule has 0 fully saturated rings. The van der Waals surface area contributed by atoms with E-state index in [4.69, 9.17) is 9.76 Å². The Hall–Kier alpha value is -0.250. The quantitative estimate of drug-likeness (QED) is 0.255. The molecule has 8 heteroatoms. The van der Waals surface area contributed by atoms with Gasteiger partial charge in [0.1, 0.15) is 0 Å². The Balaban J connectivity index is 3.42. The molecule has 7 nitrogen and oxygen atoms in total. The van der Waals surface area contributed by atoms with Crippen molar-refractivity contribution in [3.63, 3.8) is 0 Å². The SMILES string of the molecule is O=S(=O)(O)OONO. The third kappa shape index (κ3) is 5.75. The van der Waals surface area contributed by atoms with E-state index in [-0.39, 0.29) is 0 Å². The third-order valence-electron chi connectivity index (χ3n) is 0.157. The molecule has 0 aliphatic rings. The first-order valence-electron chi connectivity index (χ1n) is 1.28. The van der Waals surface area contributed by atoms with Crippen molar-refractivity contribution in [2.24, 2.45) is 0 Å². The van der Waals surface area contributed by atoms with Crippen molar-refractivity contribution in [1.82, 2.24) is 5.64 Å². The average Bonchev–Trinajstić information content (AvgIpc) is 1.59. The van der Waals surface area contributed by atoms with Gasteiger partial charge in [-0.1, -0.05) is 9.32 Å². The molecule has 0 atom stereocenters. The van der Waals surface area contributed by atoms with Gasteiger partial charge in [-0.2, -0.15) is 8.42 Å². The number of hydrogen-bond acceptors (Lipinski definition) is 6. The predicted octanol–water partition coefficient (Wildman–Crippen LogP) is -1.37. The molecule has 0 bridgehead atoms. The van der Waals surface area contributed by atoms with Gasteiger partial charge in [-0.25, -0.2) is 0 Å². The van der Waals surface area contributed by atoms with Gasteiger partial charge in [0.25, 0.3) is 0 Å². The summed E-state index contributed by atoms with van der Waals surface area (Å²) in [5.74, 6) is 0. The van der Waals surface area contributed by atoms with Crippen LogP contribution < -0.4 is 5.64 Å². The smallest absolute Gasteiger partial charge is 0.290 e. The first kappa shape index (κ1) is 7.75. The fourth-order valence-corrected chi connectivity index (χ4v) is 0.175. The normalized spacial score (nSPS) is 11.8. The second-order valence-electron chi connectivity index (χ2n) is 0.670. The molecular formula is H3NO6S. The highest BCUT2D eigenvalue weighted by atomic mass is 32.3. The van der Waals surface area contributed by atoms with Crippen molar-refractivity contribution in [2.75, 3.05) is 0 Å². The van der Waals surface area contributed by atoms with Crippen LogP contribution in [0.4, 0.5) is 0 Å². The number of nitrogens with one attached hydrogen (secondary N) is 1. The lowest BCUT2D eigenvalue weighted by atomic mass is 13.2. The Morgan fingerprint density at radius 1 is 1.50 bits per heavy atom. The summed E-state index contributed by atoms with van der Waals surface area (Å²) in [6.07, 6.45) is 0. The minimum atomic E-state index is -4.63. The van der Waals surface area contributed by atoms with Crippen molar-refractivity contribution >= 4 is 10.4 Å². The lowest BCUT2D eigenvalue weighted by Gasteiger charge is -1.91. The summed E-state index contributed by atoms with van der Waals surface area (Å²) in [4.78, 5) is 3.17. The fourth-order valence-electron chi connectivity index (χ4n) is 0.0582. The zero-order valence-electron chi connectivity index (χ0n) is 3.44. The Labute approximate surface area is 44.6 Å². The monoisotopic (exact) mass is 145 g/mol. The number of rotatable bonds is 3. The third-order valence-corrected chi connectivity index (χ3v) is 0.397. The van der Waals surface area contributed by atoms with E-state index in [2.05, 4.69) is 9.32 Å². The molecule has 0 aromatic carbocycles. The van der Waals surface area contributed by atoms with Crippen LogP contribution in [0.3, 0.4) is 0 Å². The maximum atomic E-state index is 9.45. The lowest BCUT2D eigenvalue weighted by Crippen LogP contribution is -2.13. The van der Waals surface area contributed by atoms with Crippen molar-refractivity contribution in [1.29, 1.82) is 0 Å². The Morgan fingerprint density at radius 3 is 2.12 bits per heavy atom. The van der Waals surface area contributed by atoms with Gasteiger partial charge in [-0.15, -0.1) is 0 Å². The molecule has 0 spiro atoms. The standard InChI is InChI=1S/H3NO6S/c2-1-6-7-8(3,4)5/h1-2H,(H,3,4,5). The maximum absolute atomic E-state index is 9.45. The van der Waals surface area contributed by atoms with Gasteiger partial charge in [0.15, 0.2) is 0 Å². The number of hydrogen-bond donors (Lipinski definition) is 3. The predicted molar refractivity (Wildman–Crippen MR) is 18.6 cm³/mol. The van der Waals surface area contributed by atoms with Crippen LogP contribution in [-0.2, 0) is 19.7 Å². The highest BCUT2D eigenvalue weighted by Crippen LogP contribution is 1.81. The molecule has 0 aliphatic heterocycles. The van der Waals surface area contributed by atoms with Crippen molar-refractivity contribution in [3.8, 4) is 0 Å². The Morgan fingerprint density at radius 2 is 2.00 bits per heavy atom. The second-order valence-corrected chi connectivity index (χ2v) is 1.66. The van der Waals surface area contributed by atoms with Gasteiger partial charge in [-0.05, 0) is 5.64 Å². The maximum Gasteiger partial charge on any atom is 0.425 e. The molecule has 0 aromatic heterocycles. The van der Waals surface area contributed by atoms with Gasteiger partial charge >= 0.3 is 10.4 Å². The van der Waals surface area contributed by atoms with E-state index in [1.54, 1.807) is 0 Å². The van der Waals surface area contributed by atoms with Crippen molar-refractivity contribution < 1.29 is 27.5 Å². The molecule has 50 valence electrons. The van der Waals surface area contributed by atoms with Crippen LogP contribution in [0, 0.1) is 0 Å². The molecule has 3 N–H and O–H groups in total. The summed E-state index contributed by atoms with van der Waals surface area (Å²) in [6.45, 7) is 0. The first-order valence-corrected chi connectivity index (χ1v) is 2.64. The van der Waals surface area contributed by atoms with Crippen molar-refractivity contribution in [3.05, 3.63) is 0 Å². The van der Waals surface area contributed by atoms with Crippen LogP contribution in [0.15, 0.2) is 0 Å². The van der Waals surface area contributed by atoms with Crippen LogP contribution in [0.1, 0.15) is 0 Å². The molecule has 0 rings (SSSR count). The summed E-state index contributed by atoms with van der Waals surface area (Å²) >= 11 is 0. The van der Waals surface area contributed by atoms with E-state index in [0.29, 0.717) is 0 Å². The molecule has 0 aliphatic carbocycles. The first-order chi connectivity index (χ1) is 3.56. The van der Waals surface area contributed by atoms with E-state index in [9.17, 15) is 8.42 Å². The lowest BCUT2D eigenvalue weighted by molar-refractivity contribution is -0.329. The van der Waals surface area contributed by atoms with E-state index in [1.807, 2.05) is 0 Å². The minimum absolute atomic E-state index is 0.863. The van der Waals surface area contributed by atoms with E-state index in [1.165, 1.54) is 0 Å². The van der Waals surface area contributed by atoms with Gasteiger partial charge in [0, 0.05) is 0 Å². The molecule has 0 amide bonds.